The summed E-state index contributed by atoms with van der Waals surface area (Å²) >= 11 is 12.6. The molecule has 2 saturated heterocycles. The fourth-order valence-electron chi connectivity index (χ4n) is 5.83. The quantitative estimate of drug-likeness (QED) is 0.406. The lowest BCUT2D eigenvalue weighted by molar-refractivity contribution is -0.142. The number of likely N-dealkylation sites (tertiary alicyclic amines) is 1. The first kappa shape index (κ1) is 29.3. The minimum atomic E-state index is -0.0197. The van der Waals surface area contributed by atoms with Crippen LogP contribution in [0.1, 0.15) is 85.3 Å². The molecule has 1 unspecified atom stereocenters. The monoisotopic (exact) mass is 537 g/mol. The van der Waals surface area contributed by atoms with Crippen molar-refractivity contribution in [3.63, 3.8) is 0 Å². The summed E-state index contributed by atoms with van der Waals surface area (Å²) in [6.07, 6.45) is 6.19. The van der Waals surface area contributed by atoms with Crippen LogP contribution < -0.4 is 0 Å². The van der Waals surface area contributed by atoms with Crippen molar-refractivity contribution in [3.05, 3.63) is 33.8 Å². The van der Waals surface area contributed by atoms with Crippen LogP contribution in [0.25, 0.3) is 0 Å². The van der Waals surface area contributed by atoms with Crippen LogP contribution in [0, 0.1) is 17.3 Å². The van der Waals surface area contributed by atoms with Gasteiger partial charge in [0.05, 0.1) is 10.0 Å². The number of piperazine rings is 1. The van der Waals surface area contributed by atoms with Crippen molar-refractivity contribution in [1.82, 2.24) is 14.7 Å². The van der Waals surface area contributed by atoms with Gasteiger partial charge >= 0.3 is 0 Å². The van der Waals surface area contributed by atoms with E-state index in [2.05, 4.69) is 36.6 Å². The first-order chi connectivity index (χ1) is 16.5. The van der Waals surface area contributed by atoms with E-state index < -0.39 is 0 Å². The second-order valence-electron chi connectivity index (χ2n) is 12.0. The summed E-state index contributed by atoms with van der Waals surface area (Å²) < 4.78 is 0. The molecule has 4 rings (SSSR count). The van der Waals surface area contributed by atoms with E-state index in [0.29, 0.717) is 28.4 Å². The average molecular weight is 539 g/mol. The Morgan fingerprint density at radius 3 is 2.19 bits per heavy atom. The zero-order chi connectivity index (χ0) is 25.3. The number of hydrogen-bond acceptors (Lipinski definition) is 3. The molecule has 0 radical (unpaired) electrons. The third kappa shape index (κ3) is 7.17. The fourth-order valence-corrected chi connectivity index (χ4v) is 6.13. The molecule has 1 aromatic carbocycles. The summed E-state index contributed by atoms with van der Waals surface area (Å²) in [4.78, 5) is 31.9. The smallest absolute Gasteiger partial charge is 0.223 e. The van der Waals surface area contributed by atoms with Crippen LogP contribution in [0.15, 0.2) is 18.2 Å². The van der Waals surface area contributed by atoms with E-state index >= 15 is 0 Å². The van der Waals surface area contributed by atoms with Gasteiger partial charge in [0.1, 0.15) is 0 Å². The number of rotatable bonds is 6. The highest BCUT2D eigenvalue weighted by Crippen LogP contribution is 2.42. The van der Waals surface area contributed by atoms with Gasteiger partial charge in [-0.15, -0.1) is 0 Å². The minimum absolute atomic E-state index is 0. The highest BCUT2D eigenvalue weighted by atomic mass is 35.5. The molecular formula is C29H45Cl2N3O2. The number of carbonyl (C=O) groups is 2. The molecule has 1 aliphatic carbocycles. The second-order valence-corrected chi connectivity index (χ2v) is 12.8. The number of benzene rings is 1. The van der Waals surface area contributed by atoms with E-state index in [1.165, 1.54) is 18.4 Å². The molecule has 7 heteroatoms. The van der Waals surface area contributed by atoms with Crippen molar-refractivity contribution in [2.45, 2.75) is 85.7 Å². The molecule has 2 heterocycles. The Bertz CT molecular complexity index is 920. The molecule has 2 amide bonds. The molecule has 1 aromatic rings. The van der Waals surface area contributed by atoms with Crippen molar-refractivity contribution < 1.29 is 9.59 Å². The molecule has 0 aromatic heterocycles. The molecule has 2 aliphatic heterocycles. The maximum absolute atomic E-state index is 13.5. The topological polar surface area (TPSA) is 43.9 Å². The van der Waals surface area contributed by atoms with Crippen LogP contribution in [0.4, 0.5) is 0 Å². The van der Waals surface area contributed by atoms with Gasteiger partial charge in [-0.2, -0.15) is 0 Å². The Morgan fingerprint density at radius 2 is 1.64 bits per heavy atom. The number of piperidine rings is 1. The molecule has 202 valence electrons. The van der Waals surface area contributed by atoms with Gasteiger partial charge < -0.3 is 9.80 Å². The van der Waals surface area contributed by atoms with E-state index in [1.54, 1.807) is 6.92 Å². The molecule has 36 heavy (non-hydrogen) atoms. The van der Waals surface area contributed by atoms with Gasteiger partial charge in [-0.3, -0.25) is 14.5 Å². The Kier molecular flexibility index (Phi) is 9.79. The van der Waals surface area contributed by atoms with E-state index in [9.17, 15) is 9.59 Å². The Hall–Kier alpha value is -1.30. The number of amides is 2. The number of halogens is 2. The van der Waals surface area contributed by atoms with E-state index in [-0.39, 0.29) is 30.7 Å². The average Bonchev–Trinajstić information content (AvgIpc) is 3.63. The van der Waals surface area contributed by atoms with Crippen molar-refractivity contribution >= 4 is 35.0 Å². The highest BCUT2D eigenvalue weighted by molar-refractivity contribution is 6.42. The predicted molar refractivity (Wildman–Crippen MR) is 149 cm³/mol. The summed E-state index contributed by atoms with van der Waals surface area (Å²) in [5, 5.41) is 1.21. The summed E-state index contributed by atoms with van der Waals surface area (Å²) in [5.41, 5.74) is 1.21. The van der Waals surface area contributed by atoms with Crippen LogP contribution in [0.5, 0.6) is 0 Å². The molecule has 5 nitrogen and oxygen atoms in total. The summed E-state index contributed by atoms with van der Waals surface area (Å²) in [6.45, 7) is 12.4. The van der Waals surface area contributed by atoms with Crippen molar-refractivity contribution in [2.75, 3.05) is 32.7 Å². The van der Waals surface area contributed by atoms with E-state index in [1.807, 2.05) is 17.0 Å². The van der Waals surface area contributed by atoms with Crippen LogP contribution in [0.3, 0.4) is 0 Å². The molecule has 0 N–H and O–H groups in total. The Balaban J connectivity index is 0.00000361. The fraction of sp³-hybridized carbons (Fsp3) is 0.724. The van der Waals surface area contributed by atoms with Crippen molar-refractivity contribution in [3.8, 4) is 0 Å². The zero-order valence-electron chi connectivity index (χ0n) is 21.7. The van der Waals surface area contributed by atoms with Crippen molar-refractivity contribution in [1.29, 1.82) is 0 Å². The van der Waals surface area contributed by atoms with Crippen LogP contribution in [-0.2, 0) is 9.59 Å². The van der Waals surface area contributed by atoms with E-state index in [4.69, 9.17) is 23.2 Å². The maximum Gasteiger partial charge on any atom is 0.223 e. The molecule has 2 atom stereocenters. The highest BCUT2D eigenvalue weighted by Gasteiger charge is 2.41. The molecular weight excluding hydrogens is 493 g/mol. The lowest BCUT2D eigenvalue weighted by Crippen LogP contribution is -2.60. The largest absolute Gasteiger partial charge is 0.343 e. The lowest BCUT2D eigenvalue weighted by atomic mass is 9.82. The minimum Gasteiger partial charge on any atom is -0.343 e. The molecule has 0 spiro atoms. The van der Waals surface area contributed by atoms with Gasteiger partial charge in [-0.05, 0) is 54.2 Å². The van der Waals surface area contributed by atoms with Gasteiger partial charge in [-0.25, -0.2) is 0 Å². The molecule has 3 aliphatic rings. The standard InChI is InChI=1S/C28H41Cl2N3O2.CH4/c1-19(34)31-11-9-21(10-12-31)16-27(35)33-14-13-32(18-26(33)28(2,3)4)25(15-20-5-6-20)22-7-8-23(29)24(30)17-22;/h7-8,17,20-21,25-26H,5-6,9-16,18H2,1-4H3;1H4/t25?,26-;/m1./s1. The normalized spacial score (nSPS) is 22.8. The Morgan fingerprint density at radius 1 is 0.972 bits per heavy atom. The number of carbonyl (C=O) groups excluding carboxylic acids is 2. The van der Waals surface area contributed by atoms with Gasteiger partial charge in [0.25, 0.3) is 0 Å². The SMILES string of the molecule is C.CC(=O)N1CCC(CC(=O)N2CCN(C(CC3CC3)c3ccc(Cl)c(Cl)c3)C[C@@H]2C(C)(C)C)CC1. The Labute approximate surface area is 228 Å². The number of hydrogen-bond donors (Lipinski definition) is 0. The van der Waals surface area contributed by atoms with E-state index in [0.717, 1.165) is 57.9 Å². The van der Waals surface area contributed by atoms with Crippen LogP contribution in [-0.4, -0.2) is 65.3 Å². The summed E-state index contributed by atoms with van der Waals surface area (Å²) in [7, 11) is 0. The third-order valence-electron chi connectivity index (χ3n) is 8.28. The molecule has 3 fully saturated rings. The van der Waals surface area contributed by atoms with Crippen LogP contribution in [0.2, 0.25) is 10.0 Å². The zero-order valence-corrected chi connectivity index (χ0v) is 23.2. The predicted octanol–water partition coefficient (Wildman–Crippen LogP) is 6.68. The molecule has 1 saturated carbocycles. The van der Waals surface area contributed by atoms with Gasteiger partial charge in [0.15, 0.2) is 0 Å². The first-order valence-corrected chi connectivity index (χ1v) is 14.0. The molecule has 0 bridgehead atoms. The second kappa shape index (κ2) is 12.0. The van der Waals surface area contributed by atoms with Crippen LogP contribution >= 0.6 is 23.2 Å². The summed E-state index contributed by atoms with van der Waals surface area (Å²) in [6, 6.07) is 6.53. The summed E-state index contributed by atoms with van der Waals surface area (Å²) in [5.74, 6) is 1.57. The number of nitrogens with zero attached hydrogens (tertiary/aromatic N) is 3. The first-order valence-electron chi connectivity index (χ1n) is 13.3. The van der Waals surface area contributed by atoms with Gasteiger partial charge in [-0.1, -0.05) is 70.3 Å². The van der Waals surface area contributed by atoms with Gasteiger partial charge in [0, 0.05) is 58.2 Å². The van der Waals surface area contributed by atoms with Gasteiger partial charge in [0.2, 0.25) is 11.8 Å². The maximum atomic E-state index is 13.5. The lowest BCUT2D eigenvalue weighted by Gasteiger charge is -2.50. The third-order valence-corrected chi connectivity index (χ3v) is 9.02. The van der Waals surface area contributed by atoms with Crippen molar-refractivity contribution in [2.24, 2.45) is 17.3 Å².